The maximum Gasteiger partial charge on any atom is 0.263 e. The predicted octanol–water partition coefficient (Wildman–Crippen LogP) is 4.20. The first-order valence-corrected chi connectivity index (χ1v) is 8.81. The van der Waals surface area contributed by atoms with Crippen molar-refractivity contribution < 1.29 is 9.53 Å². The summed E-state index contributed by atoms with van der Waals surface area (Å²) in [6.45, 7) is 2.65. The van der Waals surface area contributed by atoms with Gasteiger partial charge in [0.25, 0.3) is 5.91 Å². The van der Waals surface area contributed by atoms with Gasteiger partial charge in [-0.3, -0.25) is 4.79 Å². The fourth-order valence-corrected chi connectivity index (χ4v) is 4.21. The average molecular weight is 347 g/mol. The van der Waals surface area contributed by atoms with Crippen molar-refractivity contribution in [3.8, 4) is 5.75 Å². The Morgan fingerprint density at radius 1 is 1.35 bits per heavy atom. The van der Waals surface area contributed by atoms with Crippen molar-refractivity contribution in [2.75, 3.05) is 26.0 Å². The van der Waals surface area contributed by atoms with Gasteiger partial charge in [-0.2, -0.15) is 0 Å². The number of carbonyl (C=O) groups excluding carboxylic acids is 1. The fraction of sp³-hybridized carbons (Fsp3) is 0.250. The van der Waals surface area contributed by atoms with E-state index in [9.17, 15) is 4.79 Å². The molecule has 3 rings (SSSR count). The van der Waals surface area contributed by atoms with Crippen LogP contribution < -0.4 is 10.1 Å². The molecule has 7 heteroatoms. The highest BCUT2D eigenvalue weighted by atomic mass is 32.1. The molecule has 2 heterocycles. The highest BCUT2D eigenvalue weighted by molar-refractivity contribution is 7.29. The number of methoxy groups -OCH3 is 1. The third-order valence-corrected chi connectivity index (χ3v) is 5.53. The van der Waals surface area contributed by atoms with Crippen molar-refractivity contribution in [3.63, 3.8) is 0 Å². The number of nitrogens with zero attached hydrogens (tertiary/aromatic N) is 2. The van der Waals surface area contributed by atoms with Crippen molar-refractivity contribution in [3.05, 3.63) is 35.2 Å². The number of para-hydroxylation sites is 2. The Kier molecular flexibility index (Phi) is 4.49. The van der Waals surface area contributed by atoms with Crippen molar-refractivity contribution >= 4 is 48.9 Å². The van der Waals surface area contributed by atoms with E-state index in [1.807, 2.05) is 37.3 Å². The van der Waals surface area contributed by atoms with Crippen molar-refractivity contribution in [1.29, 1.82) is 0 Å². The Bertz CT molecular complexity index is 809. The van der Waals surface area contributed by atoms with Crippen LogP contribution >= 0.6 is 22.7 Å². The lowest BCUT2D eigenvalue weighted by molar-refractivity contribution is 0.0807. The second-order valence-corrected chi connectivity index (χ2v) is 7.00. The predicted molar refractivity (Wildman–Crippen MR) is 96.4 cm³/mol. The molecule has 0 saturated carbocycles. The summed E-state index contributed by atoms with van der Waals surface area (Å²) in [7, 11) is 3.45. The summed E-state index contributed by atoms with van der Waals surface area (Å²) in [5.74, 6) is 0.813. The molecule has 23 heavy (non-hydrogen) atoms. The second-order valence-electron chi connectivity index (χ2n) is 4.94. The number of anilines is 2. The second kappa shape index (κ2) is 6.55. The van der Waals surface area contributed by atoms with E-state index >= 15 is 0 Å². The summed E-state index contributed by atoms with van der Waals surface area (Å²) in [5, 5.41) is 4.07. The van der Waals surface area contributed by atoms with Crippen molar-refractivity contribution in [2.45, 2.75) is 6.92 Å². The number of thiophene rings is 1. The van der Waals surface area contributed by atoms with Crippen molar-refractivity contribution in [1.82, 2.24) is 9.88 Å². The van der Waals surface area contributed by atoms with E-state index in [-0.39, 0.29) is 5.91 Å². The number of thiazole rings is 1. The standard InChI is InChI=1S/C16H17N3O2S2/c1-4-19(2)15(20)13-9-12-14(22-13)18-16(23-12)17-10-7-5-6-8-11(10)21-3/h5-9H,4H2,1-3H3,(H,17,18). The van der Waals surface area contributed by atoms with Crippen LogP contribution in [0.1, 0.15) is 16.6 Å². The Labute approximate surface area is 142 Å². The molecule has 0 aliphatic carbocycles. The first-order chi connectivity index (χ1) is 11.1. The molecule has 1 aromatic carbocycles. The number of hydrogen-bond donors (Lipinski definition) is 1. The van der Waals surface area contributed by atoms with E-state index in [0.29, 0.717) is 6.54 Å². The van der Waals surface area contributed by atoms with Gasteiger partial charge >= 0.3 is 0 Å². The van der Waals surface area contributed by atoms with Gasteiger partial charge in [-0.25, -0.2) is 4.98 Å². The third-order valence-electron chi connectivity index (χ3n) is 3.47. The van der Waals surface area contributed by atoms with Crippen LogP contribution in [0.3, 0.4) is 0 Å². The summed E-state index contributed by atoms with van der Waals surface area (Å²) in [6.07, 6.45) is 0. The SMILES string of the molecule is CCN(C)C(=O)c1cc2sc(Nc3ccccc3OC)nc2s1. The molecule has 1 amide bonds. The van der Waals surface area contributed by atoms with E-state index in [1.165, 1.54) is 22.7 Å². The van der Waals surface area contributed by atoms with Gasteiger partial charge < -0.3 is 15.0 Å². The van der Waals surface area contributed by atoms with Gasteiger partial charge in [0.05, 0.1) is 22.4 Å². The average Bonchev–Trinajstić information content (AvgIpc) is 3.12. The number of aromatic nitrogens is 1. The minimum Gasteiger partial charge on any atom is -0.495 e. The summed E-state index contributed by atoms with van der Waals surface area (Å²) in [6, 6.07) is 9.62. The zero-order chi connectivity index (χ0) is 16.4. The third kappa shape index (κ3) is 3.16. The maximum absolute atomic E-state index is 12.2. The van der Waals surface area contributed by atoms with Crippen LogP contribution in [-0.2, 0) is 0 Å². The van der Waals surface area contributed by atoms with E-state index < -0.39 is 0 Å². The fourth-order valence-electron chi connectivity index (χ4n) is 2.09. The molecule has 2 aromatic heterocycles. The normalized spacial score (nSPS) is 10.7. The van der Waals surface area contributed by atoms with Gasteiger partial charge in [0.2, 0.25) is 0 Å². The molecular formula is C16H17N3O2S2. The minimum absolute atomic E-state index is 0.0435. The Hall–Kier alpha value is -2.12. The summed E-state index contributed by atoms with van der Waals surface area (Å²) in [5.41, 5.74) is 0.874. The van der Waals surface area contributed by atoms with Crippen LogP contribution in [0.4, 0.5) is 10.8 Å². The summed E-state index contributed by atoms with van der Waals surface area (Å²) in [4.78, 5) is 20.1. The van der Waals surface area contributed by atoms with Gasteiger partial charge in [0, 0.05) is 13.6 Å². The van der Waals surface area contributed by atoms with Crippen molar-refractivity contribution in [2.24, 2.45) is 0 Å². The molecule has 0 aliphatic heterocycles. The van der Waals surface area contributed by atoms with Gasteiger partial charge in [0.1, 0.15) is 10.6 Å². The molecule has 0 atom stereocenters. The Morgan fingerprint density at radius 2 is 2.13 bits per heavy atom. The van der Waals surface area contributed by atoms with Gasteiger partial charge in [-0.1, -0.05) is 23.5 Å². The van der Waals surface area contributed by atoms with Crippen LogP contribution in [0, 0.1) is 0 Å². The lowest BCUT2D eigenvalue weighted by Gasteiger charge is -2.12. The first kappa shape index (κ1) is 15.8. The van der Waals surface area contributed by atoms with E-state index in [0.717, 1.165) is 31.0 Å². The zero-order valence-electron chi connectivity index (χ0n) is 13.1. The van der Waals surface area contributed by atoms with Crippen LogP contribution in [-0.4, -0.2) is 36.5 Å². The smallest absolute Gasteiger partial charge is 0.263 e. The molecule has 0 saturated heterocycles. The van der Waals surface area contributed by atoms with Crippen LogP contribution in [0.5, 0.6) is 5.75 Å². The highest BCUT2D eigenvalue weighted by Gasteiger charge is 2.16. The monoisotopic (exact) mass is 347 g/mol. The number of rotatable bonds is 5. The molecule has 5 nitrogen and oxygen atoms in total. The van der Waals surface area contributed by atoms with E-state index in [1.54, 1.807) is 19.1 Å². The Morgan fingerprint density at radius 3 is 2.83 bits per heavy atom. The lowest BCUT2D eigenvalue weighted by Crippen LogP contribution is -2.25. The number of hydrogen-bond acceptors (Lipinski definition) is 6. The molecule has 3 aromatic rings. The number of nitrogens with one attached hydrogen (secondary N) is 1. The van der Waals surface area contributed by atoms with Crippen LogP contribution in [0.15, 0.2) is 30.3 Å². The Balaban J connectivity index is 1.84. The van der Waals surface area contributed by atoms with E-state index in [2.05, 4.69) is 10.3 Å². The molecule has 0 bridgehead atoms. The molecule has 1 N–H and O–H groups in total. The number of carbonyl (C=O) groups is 1. The molecular weight excluding hydrogens is 330 g/mol. The number of ether oxygens (including phenoxy) is 1. The van der Waals surface area contributed by atoms with E-state index in [4.69, 9.17) is 4.74 Å². The molecule has 120 valence electrons. The number of amides is 1. The summed E-state index contributed by atoms with van der Waals surface area (Å²) < 4.78 is 6.34. The van der Waals surface area contributed by atoms with Crippen LogP contribution in [0.25, 0.3) is 9.53 Å². The molecule has 0 aliphatic rings. The maximum atomic E-state index is 12.2. The topological polar surface area (TPSA) is 54.5 Å². The highest BCUT2D eigenvalue weighted by Crippen LogP contribution is 2.36. The molecule has 0 spiro atoms. The minimum atomic E-state index is 0.0435. The lowest BCUT2D eigenvalue weighted by atomic mass is 10.3. The number of fused-ring (bicyclic) bond motifs is 1. The largest absolute Gasteiger partial charge is 0.495 e. The zero-order valence-corrected chi connectivity index (χ0v) is 14.8. The number of benzene rings is 1. The molecule has 0 fully saturated rings. The quantitative estimate of drug-likeness (QED) is 0.751. The van der Waals surface area contributed by atoms with Gasteiger partial charge in [0.15, 0.2) is 5.13 Å². The van der Waals surface area contributed by atoms with Crippen LogP contribution in [0.2, 0.25) is 0 Å². The van der Waals surface area contributed by atoms with Gasteiger partial charge in [-0.15, -0.1) is 11.3 Å². The molecule has 0 unspecified atom stereocenters. The summed E-state index contributed by atoms with van der Waals surface area (Å²) >= 11 is 2.96. The first-order valence-electron chi connectivity index (χ1n) is 7.18. The molecule has 0 radical (unpaired) electrons. The van der Waals surface area contributed by atoms with Gasteiger partial charge in [-0.05, 0) is 25.1 Å².